The van der Waals surface area contributed by atoms with E-state index >= 15 is 0 Å². The van der Waals surface area contributed by atoms with Crippen LogP contribution in [0.3, 0.4) is 0 Å². The highest BCUT2D eigenvalue weighted by Gasteiger charge is 2.22. The number of benzene rings is 1. The van der Waals surface area contributed by atoms with Gasteiger partial charge >= 0.3 is 0 Å². The molecule has 106 valence electrons. The number of aromatic nitrogens is 1. The van der Waals surface area contributed by atoms with Crippen molar-refractivity contribution < 1.29 is 0 Å². The van der Waals surface area contributed by atoms with Gasteiger partial charge in [-0.25, -0.2) is 0 Å². The van der Waals surface area contributed by atoms with Gasteiger partial charge in [0.25, 0.3) is 5.56 Å². The van der Waals surface area contributed by atoms with E-state index in [1.165, 1.54) is 0 Å². The summed E-state index contributed by atoms with van der Waals surface area (Å²) < 4.78 is 1.64. The fourth-order valence-corrected chi connectivity index (χ4v) is 3.43. The molecule has 1 aromatic carbocycles. The van der Waals surface area contributed by atoms with E-state index in [0.717, 1.165) is 15.5 Å². The predicted molar refractivity (Wildman–Crippen MR) is 84.1 cm³/mol. The van der Waals surface area contributed by atoms with Gasteiger partial charge in [0, 0.05) is 17.6 Å². The quantitative estimate of drug-likeness (QED) is 0.785. The predicted octanol–water partition coefficient (Wildman–Crippen LogP) is 3.58. The molecule has 0 saturated carbocycles. The first-order valence-electron chi connectivity index (χ1n) is 6.81. The first kappa shape index (κ1) is 13.8. The van der Waals surface area contributed by atoms with Crippen molar-refractivity contribution >= 4 is 23.1 Å². The molecule has 0 radical (unpaired) electrons. The number of nitriles is 1. The smallest absolute Gasteiger partial charge is 0.270 e. The number of rotatable bonds is 2. The van der Waals surface area contributed by atoms with Crippen molar-refractivity contribution in [3.63, 3.8) is 0 Å². The lowest BCUT2D eigenvalue weighted by Crippen LogP contribution is -2.26. The van der Waals surface area contributed by atoms with Crippen LogP contribution in [-0.4, -0.2) is 4.57 Å². The number of hydrogen-bond acceptors (Lipinski definition) is 4. The Hall–Kier alpha value is -2.19. The summed E-state index contributed by atoms with van der Waals surface area (Å²) in [6.07, 6.45) is 1.85. The zero-order valence-corrected chi connectivity index (χ0v) is 12.7. The first-order valence-corrected chi connectivity index (χ1v) is 7.63. The Bertz CT molecular complexity index is 802. The molecular weight excluding hydrogens is 282 g/mol. The van der Waals surface area contributed by atoms with E-state index < -0.39 is 0 Å². The van der Waals surface area contributed by atoms with Crippen LogP contribution in [-0.2, 0) is 6.54 Å². The zero-order valence-electron chi connectivity index (χ0n) is 11.9. The lowest BCUT2D eigenvalue weighted by atomic mass is 10.2. The Kier molecular flexibility index (Phi) is 3.48. The number of fused-ring (bicyclic) bond motifs is 2. The molecule has 1 aliphatic rings. The molecule has 0 unspecified atom stereocenters. The summed E-state index contributed by atoms with van der Waals surface area (Å²) in [7, 11) is 0. The summed E-state index contributed by atoms with van der Waals surface area (Å²) in [5.74, 6) is 0.348. The number of anilines is 2. The molecule has 1 N–H and O–H groups in total. The van der Waals surface area contributed by atoms with E-state index in [-0.39, 0.29) is 11.1 Å². The minimum atomic E-state index is -0.225. The van der Waals surface area contributed by atoms with Gasteiger partial charge in [-0.1, -0.05) is 37.7 Å². The third kappa shape index (κ3) is 2.43. The molecule has 0 bridgehead atoms. The second kappa shape index (κ2) is 5.30. The summed E-state index contributed by atoms with van der Waals surface area (Å²) >= 11 is 1.59. The van der Waals surface area contributed by atoms with Gasteiger partial charge < -0.3 is 9.88 Å². The summed E-state index contributed by atoms with van der Waals surface area (Å²) in [6, 6.07) is 9.95. The molecule has 1 aliphatic heterocycles. The van der Waals surface area contributed by atoms with E-state index in [1.807, 2.05) is 30.5 Å². The van der Waals surface area contributed by atoms with Gasteiger partial charge in [-0.2, -0.15) is 5.26 Å². The highest BCUT2D eigenvalue weighted by Crippen LogP contribution is 2.44. The molecule has 0 aliphatic carbocycles. The molecule has 1 aromatic heterocycles. The third-order valence-corrected chi connectivity index (χ3v) is 4.39. The van der Waals surface area contributed by atoms with Gasteiger partial charge in [0.15, 0.2) is 0 Å². The van der Waals surface area contributed by atoms with Crippen molar-refractivity contribution in [3.8, 4) is 6.07 Å². The minimum absolute atomic E-state index is 0.190. The average molecular weight is 297 g/mol. The zero-order chi connectivity index (χ0) is 15.0. The summed E-state index contributed by atoms with van der Waals surface area (Å²) in [6.45, 7) is 4.72. The van der Waals surface area contributed by atoms with Crippen molar-refractivity contribution in [3.05, 3.63) is 46.4 Å². The van der Waals surface area contributed by atoms with E-state index in [9.17, 15) is 10.1 Å². The fraction of sp³-hybridized carbons (Fsp3) is 0.250. The van der Waals surface area contributed by atoms with Gasteiger partial charge in [0.05, 0.1) is 16.3 Å². The number of pyridine rings is 1. The largest absolute Gasteiger partial charge is 0.352 e. The molecule has 4 nitrogen and oxygen atoms in total. The van der Waals surface area contributed by atoms with Crippen LogP contribution in [0.25, 0.3) is 0 Å². The Morgan fingerprint density at radius 3 is 2.81 bits per heavy atom. The monoisotopic (exact) mass is 297 g/mol. The van der Waals surface area contributed by atoms with Crippen molar-refractivity contribution in [1.29, 1.82) is 5.26 Å². The maximum Gasteiger partial charge on any atom is 0.270 e. The Morgan fingerprint density at radius 2 is 2.10 bits per heavy atom. The van der Waals surface area contributed by atoms with Crippen molar-refractivity contribution in [2.75, 3.05) is 5.32 Å². The molecule has 21 heavy (non-hydrogen) atoms. The van der Waals surface area contributed by atoms with Crippen molar-refractivity contribution in [1.82, 2.24) is 4.57 Å². The van der Waals surface area contributed by atoms with Crippen LogP contribution in [0.1, 0.15) is 19.4 Å². The molecule has 0 saturated heterocycles. The number of para-hydroxylation sites is 1. The summed E-state index contributed by atoms with van der Waals surface area (Å²) in [5.41, 5.74) is 1.53. The van der Waals surface area contributed by atoms with Crippen LogP contribution in [0, 0.1) is 17.2 Å². The molecular formula is C16H15N3OS. The molecule has 5 heteroatoms. The average Bonchev–Trinajstić information content (AvgIpc) is 2.46. The second-order valence-electron chi connectivity index (χ2n) is 5.43. The highest BCUT2D eigenvalue weighted by molar-refractivity contribution is 7.99. The van der Waals surface area contributed by atoms with E-state index in [1.54, 1.807) is 16.3 Å². The van der Waals surface area contributed by atoms with Crippen LogP contribution in [0.4, 0.5) is 11.4 Å². The van der Waals surface area contributed by atoms with Crippen LogP contribution < -0.4 is 10.9 Å². The molecule has 2 aromatic rings. The van der Waals surface area contributed by atoms with Crippen LogP contribution >= 0.6 is 11.8 Å². The van der Waals surface area contributed by atoms with Crippen molar-refractivity contribution in [2.24, 2.45) is 5.92 Å². The third-order valence-electron chi connectivity index (χ3n) is 3.28. The molecule has 0 fully saturated rings. The minimum Gasteiger partial charge on any atom is -0.352 e. The van der Waals surface area contributed by atoms with E-state index in [0.29, 0.717) is 18.2 Å². The number of hydrogen-bond donors (Lipinski definition) is 1. The fourth-order valence-electron chi connectivity index (χ4n) is 2.38. The number of nitrogens with zero attached hydrogens (tertiary/aromatic N) is 2. The van der Waals surface area contributed by atoms with Crippen molar-refractivity contribution in [2.45, 2.75) is 30.2 Å². The maximum absolute atomic E-state index is 12.4. The maximum atomic E-state index is 12.4. The van der Waals surface area contributed by atoms with E-state index in [2.05, 4.69) is 25.2 Å². The molecule has 0 spiro atoms. The Labute approximate surface area is 127 Å². The second-order valence-corrected chi connectivity index (χ2v) is 6.51. The van der Waals surface area contributed by atoms with Gasteiger partial charge in [0.1, 0.15) is 11.6 Å². The highest BCUT2D eigenvalue weighted by atomic mass is 32.2. The Balaban J connectivity index is 2.16. The van der Waals surface area contributed by atoms with Gasteiger partial charge in [-0.15, -0.1) is 0 Å². The molecule has 2 heterocycles. The number of nitrogens with one attached hydrogen (secondary N) is 1. The summed E-state index contributed by atoms with van der Waals surface area (Å²) in [4.78, 5) is 14.4. The van der Waals surface area contributed by atoms with Crippen LogP contribution in [0.5, 0.6) is 0 Å². The lowest BCUT2D eigenvalue weighted by Gasteiger charge is -2.23. The molecule has 0 amide bonds. The normalized spacial score (nSPS) is 12.3. The van der Waals surface area contributed by atoms with Crippen LogP contribution in [0.2, 0.25) is 0 Å². The summed E-state index contributed by atoms with van der Waals surface area (Å²) in [5, 5.41) is 12.6. The van der Waals surface area contributed by atoms with Gasteiger partial charge in [0.2, 0.25) is 0 Å². The molecule has 0 atom stereocenters. The SMILES string of the molecule is CC(C)Cn1cc2c(c(C#N)c1=O)Nc1ccccc1S2. The van der Waals surface area contributed by atoms with Gasteiger partial charge in [-0.3, -0.25) is 4.79 Å². The van der Waals surface area contributed by atoms with Crippen LogP contribution in [0.15, 0.2) is 45.0 Å². The standard InChI is InChI=1S/C16H15N3OS/c1-10(2)8-19-9-14-15(11(7-17)16(19)20)18-12-5-3-4-6-13(12)21-14/h3-6,9-10,18H,8H2,1-2H3. The van der Waals surface area contributed by atoms with E-state index in [4.69, 9.17) is 0 Å². The topological polar surface area (TPSA) is 57.8 Å². The Morgan fingerprint density at radius 1 is 1.33 bits per heavy atom. The molecule has 3 rings (SSSR count). The lowest BCUT2D eigenvalue weighted by molar-refractivity contribution is 0.507. The van der Waals surface area contributed by atoms with Gasteiger partial charge in [-0.05, 0) is 18.1 Å². The first-order chi connectivity index (χ1) is 10.1.